The van der Waals surface area contributed by atoms with E-state index >= 15 is 0 Å². The zero-order valence-electron chi connectivity index (χ0n) is 14.5. The van der Waals surface area contributed by atoms with Crippen molar-refractivity contribution < 1.29 is 19.4 Å². The van der Waals surface area contributed by atoms with Gasteiger partial charge < -0.3 is 20.1 Å². The molecule has 0 aromatic heterocycles. The molecule has 6 nitrogen and oxygen atoms in total. The van der Waals surface area contributed by atoms with E-state index in [1.807, 2.05) is 25.7 Å². The molecule has 1 heterocycles. The smallest absolute Gasteiger partial charge is 0.410 e. The fourth-order valence-corrected chi connectivity index (χ4v) is 3.87. The average Bonchev–Trinajstić information content (AvgIpc) is 2.91. The van der Waals surface area contributed by atoms with Gasteiger partial charge in [-0.2, -0.15) is 0 Å². The minimum atomic E-state index is -0.830. The number of nitrogens with one attached hydrogen (secondary N) is 1. The standard InChI is InChI=1S/C17H30N2O4/c1-17(2,3)23-16(22)19-10-5-4-9-14(19)12-7-6-8-13(12)18-11-15(20)21/h12-14,18H,4-11H2,1-3H3,(H,20,21). The lowest BCUT2D eigenvalue weighted by Gasteiger charge is -2.41. The fourth-order valence-electron chi connectivity index (χ4n) is 3.87. The van der Waals surface area contributed by atoms with Crippen LogP contribution in [0.15, 0.2) is 0 Å². The first-order chi connectivity index (χ1) is 10.8. The Kier molecular flexibility index (Phi) is 5.89. The Morgan fingerprint density at radius 1 is 1.17 bits per heavy atom. The Balaban J connectivity index is 2.04. The van der Waals surface area contributed by atoms with Gasteiger partial charge in [0.15, 0.2) is 0 Å². The number of hydrogen-bond acceptors (Lipinski definition) is 4. The number of piperidine rings is 1. The highest BCUT2D eigenvalue weighted by atomic mass is 16.6. The van der Waals surface area contributed by atoms with E-state index in [9.17, 15) is 9.59 Å². The maximum atomic E-state index is 12.5. The lowest BCUT2D eigenvalue weighted by Crippen LogP contribution is -2.53. The van der Waals surface area contributed by atoms with Crippen molar-refractivity contribution in [2.45, 2.75) is 77.0 Å². The summed E-state index contributed by atoms with van der Waals surface area (Å²) in [5.41, 5.74) is -0.490. The van der Waals surface area contributed by atoms with Crippen molar-refractivity contribution in [1.29, 1.82) is 0 Å². The molecule has 1 aliphatic carbocycles. The van der Waals surface area contributed by atoms with E-state index < -0.39 is 11.6 Å². The molecule has 23 heavy (non-hydrogen) atoms. The molecule has 6 heteroatoms. The van der Waals surface area contributed by atoms with Gasteiger partial charge in [0.25, 0.3) is 0 Å². The fraction of sp³-hybridized carbons (Fsp3) is 0.882. The normalized spacial score (nSPS) is 28.7. The van der Waals surface area contributed by atoms with Crippen LogP contribution < -0.4 is 5.32 Å². The second-order valence-corrected chi connectivity index (χ2v) is 7.71. The molecule has 0 spiro atoms. The summed E-state index contributed by atoms with van der Waals surface area (Å²) in [5, 5.41) is 12.0. The van der Waals surface area contributed by atoms with E-state index in [2.05, 4.69) is 5.32 Å². The van der Waals surface area contributed by atoms with Crippen LogP contribution in [0.4, 0.5) is 4.79 Å². The number of aliphatic carboxylic acids is 1. The van der Waals surface area contributed by atoms with Crippen LogP contribution in [-0.4, -0.2) is 52.8 Å². The number of nitrogens with zero attached hydrogens (tertiary/aromatic N) is 1. The Morgan fingerprint density at radius 3 is 2.57 bits per heavy atom. The van der Waals surface area contributed by atoms with Crippen molar-refractivity contribution in [3.8, 4) is 0 Å². The highest BCUT2D eigenvalue weighted by molar-refractivity contribution is 5.69. The van der Waals surface area contributed by atoms with Crippen LogP contribution in [0.1, 0.15) is 59.3 Å². The zero-order valence-corrected chi connectivity index (χ0v) is 14.5. The van der Waals surface area contributed by atoms with E-state index in [-0.39, 0.29) is 24.7 Å². The third-order valence-electron chi connectivity index (χ3n) is 4.76. The van der Waals surface area contributed by atoms with Crippen molar-refractivity contribution in [3.05, 3.63) is 0 Å². The third-order valence-corrected chi connectivity index (χ3v) is 4.76. The molecule has 1 aliphatic heterocycles. The number of carbonyl (C=O) groups excluding carboxylic acids is 1. The van der Waals surface area contributed by atoms with Crippen molar-refractivity contribution in [1.82, 2.24) is 10.2 Å². The van der Waals surface area contributed by atoms with Crippen molar-refractivity contribution in [2.24, 2.45) is 5.92 Å². The number of ether oxygens (including phenoxy) is 1. The highest BCUT2D eigenvalue weighted by Crippen LogP contribution is 2.35. The van der Waals surface area contributed by atoms with Gasteiger partial charge in [0.05, 0.1) is 6.54 Å². The van der Waals surface area contributed by atoms with E-state index in [0.29, 0.717) is 5.92 Å². The molecule has 3 unspecified atom stereocenters. The maximum absolute atomic E-state index is 12.5. The summed E-state index contributed by atoms with van der Waals surface area (Å²) < 4.78 is 5.57. The zero-order chi connectivity index (χ0) is 17.0. The molecule has 0 radical (unpaired) electrons. The summed E-state index contributed by atoms with van der Waals surface area (Å²) in [5.74, 6) is -0.509. The predicted octanol–water partition coefficient (Wildman–Crippen LogP) is 2.62. The SMILES string of the molecule is CC(C)(C)OC(=O)N1CCCCC1C1CCCC1NCC(=O)O. The molecule has 132 valence electrons. The number of likely N-dealkylation sites (tertiary alicyclic amines) is 1. The molecule has 0 bridgehead atoms. The number of carboxylic acids is 1. The van der Waals surface area contributed by atoms with Crippen LogP contribution >= 0.6 is 0 Å². The topological polar surface area (TPSA) is 78.9 Å². The molecular formula is C17H30N2O4. The maximum Gasteiger partial charge on any atom is 0.410 e. The van der Waals surface area contributed by atoms with Gasteiger partial charge in [0.1, 0.15) is 5.60 Å². The van der Waals surface area contributed by atoms with Crippen LogP contribution in [0.25, 0.3) is 0 Å². The largest absolute Gasteiger partial charge is 0.480 e. The second kappa shape index (κ2) is 7.51. The van der Waals surface area contributed by atoms with Gasteiger partial charge in [0.2, 0.25) is 0 Å². The summed E-state index contributed by atoms with van der Waals surface area (Å²) in [6.45, 7) is 6.38. The lowest BCUT2D eigenvalue weighted by atomic mass is 9.87. The monoisotopic (exact) mass is 326 g/mol. The predicted molar refractivity (Wildman–Crippen MR) is 87.3 cm³/mol. The molecule has 1 saturated heterocycles. The summed E-state index contributed by atoms with van der Waals surface area (Å²) in [4.78, 5) is 25.3. The molecule has 2 fully saturated rings. The van der Waals surface area contributed by atoms with Gasteiger partial charge in [-0.1, -0.05) is 6.42 Å². The molecule has 2 N–H and O–H groups in total. The molecular weight excluding hydrogens is 296 g/mol. The van der Waals surface area contributed by atoms with Crippen molar-refractivity contribution in [3.63, 3.8) is 0 Å². The summed E-state index contributed by atoms with van der Waals surface area (Å²) in [7, 11) is 0. The number of hydrogen-bond donors (Lipinski definition) is 2. The minimum absolute atomic E-state index is 0.0136. The van der Waals surface area contributed by atoms with E-state index in [0.717, 1.165) is 45.1 Å². The van der Waals surface area contributed by atoms with Gasteiger partial charge in [-0.25, -0.2) is 4.79 Å². The van der Waals surface area contributed by atoms with Crippen LogP contribution in [0.3, 0.4) is 0 Å². The molecule has 0 aromatic rings. The Bertz CT molecular complexity index is 433. The van der Waals surface area contributed by atoms with E-state index in [4.69, 9.17) is 9.84 Å². The quantitative estimate of drug-likeness (QED) is 0.830. The molecule has 0 aromatic carbocycles. The van der Waals surface area contributed by atoms with Crippen LogP contribution in [-0.2, 0) is 9.53 Å². The number of amides is 1. The molecule has 1 saturated carbocycles. The third kappa shape index (κ3) is 5.09. The van der Waals surface area contributed by atoms with Crippen LogP contribution in [0.2, 0.25) is 0 Å². The second-order valence-electron chi connectivity index (χ2n) is 7.71. The van der Waals surface area contributed by atoms with Crippen LogP contribution in [0.5, 0.6) is 0 Å². The number of rotatable bonds is 4. The number of carboxylic acid groups (broad SMARTS) is 1. The van der Waals surface area contributed by atoms with Gasteiger partial charge in [-0.15, -0.1) is 0 Å². The first-order valence-electron chi connectivity index (χ1n) is 8.73. The average molecular weight is 326 g/mol. The number of carbonyl (C=O) groups is 2. The van der Waals surface area contributed by atoms with Gasteiger partial charge in [0, 0.05) is 18.6 Å². The van der Waals surface area contributed by atoms with Crippen molar-refractivity contribution in [2.75, 3.05) is 13.1 Å². The minimum Gasteiger partial charge on any atom is -0.480 e. The van der Waals surface area contributed by atoms with Crippen molar-refractivity contribution >= 4 is 12.1 Å². The molecule has 2 aliphatic rings. The van der Waals surface area contributed by atoms with E-state index in [1.54, 1.807) is 0 Å². The molecule has 2 rings (SSSR count). The lowest BCUT2D eigenvalue weighted by molar-refractivity contribution is -0.136. The molecule has 1 amide bonds. The first kappa shape index (κ1) is 18.0. The summed E-state index contributed by atoms with van der Waals surface area (Å²) >= 11 is 0. The highest BCUT2D eigenvalue weighted by Gasteiger charge is 2.40. The van der Waals surface area contributed by atoms with Gasteiger partial charge in [-0.05, 0) is 58.8 Å². The Morgan fingerprint density at radius 2 is 1.91 bits per heavy atom. The Labute approximate surface area is 138 Å². The summed E-state index contributed by atoms with van der Waals surface area (Å²) in [6.07, 6.45) is 5.99. The van der Waals surface area contributed by atoms with Crippen LogP contribution in [0, 0.1) is 5.92 Å². The van der Waals surface area contributed by atoms with Gasteiger partial charge in [-0.3, -0.25) is 4.79 Å². The first-order valence-corrected chi connectivity index (χ1v) is 8.73. The Hall–Kier alpha value is -1.30. The summed E-state index contributed by atoms with van der Waals surface area (Å²) in [6, 6.07) is 0.339. The van der Waals surface area contributed by atoms with E-state index in [1.165, 1.54) is 0 Å². The molecule has 3 atom stereocenters. The van der Waals surface area contributed by atoms with Gasteiger partial charge >= 0.3 is 12.1 Å².